The van der Waals surface area contributed by atoms with Crippen molar-refractivity contribution in [1.29, 1.82) is 0 Å². The summed E-state index contributed by atoms with van der Waals surface area (Å²) in [4.78, 5) is 0. The Morgan fingerprint density at radius 2 is 1.21 bits per heavy atom. The largest absolute Gasteiger partial charge is 0.0999 e. The van der Waals surface area contributed by atoms with E-state index >= 15 is 0 Å². The molecule has 0 fully saturated rings. The minimum absolute atomic E-state index is 0.988. The van der Waals surface area contributed by atoms with Crippen LogP contribution in [-0.4, -0.2) is 7.85 Å². The summed E-state index contributed by atoms with van der Waals surface area (Å²) in [5, 5.41) is 0. The van der Waals surface area contributed by atoms with Gasteiger partial charge in [-0.15, -0.1) is 0 Å². The van der Waals surface area contributed by atoms with E-state index in [9.17, 15) is 0 Å². The van der Waals surface area contributed by atoms with Crippen LogP contribution >= 0.6 is 0 Å². The summed E-state index contributed by atoms with van der Waals surface area (Å²) in [6.07, 6.45) is 8.37. The van der Waals surface area contributed by atoms with E-state index in [0.717, 1.165) is 11.8 Å². The maximum Gasteiger partial charge on any atom is 0.0606 e. The zero-order valence-electron chi connectivity index (χ0n) is 11.0. The zero-order valence-corrected chi connectivity index (χ0v) is 11.0. The van der Waals surface area contributed by atoms with Crippen LogP contribution < -0.4 is 0 Å². The summed E-state index contributed by atoms with van der Waals surface area (Å²) in [6, 6.07) is 0. The molecule has 84 valence electrons. The summed E-state index contributed by atoms with van der Waals surface area (Å²) >= 11 is 0. The maximum atomic E-state index is 4.50. The van der Waals surface area contributed by atoms with Crippen molar-refractivity contribution in [3.8, 4) is 0 Å². The number of hydrogen-bond donors (Lipinski definition) is 0. The van der Waals surface area contributed by atoms with Crippen molar-refractivity contribution in [3.05, 3.63) is 0 Å². The molecule has 0 amide bonds. The van der Waals surface area contributed by atoms with Crippen molar-refractivity contribution in [2.24, 2.45) is 11.8 Å². The van der Waals surface area contributed by atoms with Crippen LogP contribution in [-0.2, 0) is 0 Å². The lowest BCUT2D eigenvalue weighted by Crippen LogP contribution is -2.12. The molecule has 0 aromatic carbocycles. The van der Waals surface area contributed by atoms with Crippen LogP contribution in [0.3, 0.4) is 0 Å². The van der Waals surface area contributed by atoms with Gasteiger partial charge in [0.25, 0.3) is 0 Å². The second kappa shape index (κ2) is 13.1. The smallest absolute Gasteiger partial charge is 0.0606 e. The molecule has 0 N–H and O–H groups in total. The van der Waals surface area contributed by atoms with Gasteiger partial charge in [-0.25, -0.2) is 0 Å². The average molecular weight is 196 g/mol. The van der Waals surface area contributed by atoms with Gasteiger partial charge in [-0.1, -0.05) is 73.0 Å². The number of unbranched alkanes of at least 4 members (excludes halogenated alkanes) is 1. The number of rotatable bonds is 7. The maximum absolute atomic E-state index is 4.50. The molecular weight excluding hydrogens is 167 g/mol. The monoisotopic (exact) mass is 196 g/mol. The number of hydrogen-bond acceptors (Lipinski definition) is 0. The third-order valence-corrected chi connectivity index (χ3v) is 3.17. The van der Waals surface area contributed by atoms with E-state index in [0.29, 0.717) is 0 Å². The van der Waals surface area contributed by atoms with E-state index in [4.69, 9.17) is 0 Å². The lowest BCUT2D eigenvalue weighted by molar-refractivity contribution is 0.280. The van der Waals surface area contributed by atoms with Crippen molar-refractivity contribution in [3.63, 3.8) is 0 Å². The summed E-state index contributed by atoms with van der Waals surface area (Å²) in [7, 11) is 4.50. The van der Waals surface area contributed by atoms with Gasteiger partial charge in [0.15, 0.2) is 0 Å². The molecule has 2 radical (unpaired) electrons. The van der Waals surface area contributed by atoms with Crippen molar-refractivity contribution in [2.45, 2.75) is 73.0 Å². The Labute approximate surface area is 93.3 Å². The van der Waals surface area contributed by atoms with E-state index in [1.807, 2.05) is 0 Å². The lowest BCUT2D eigenvalue weighted by atomic mass is 9.83. The molecule has 0 rings (SSSR count). The third-order valence-electron chi connectivity index (χ3n) is 3.17. The molecule has 0 saturated carbocycles. The second-order valence-corrected chi connectivity index (χ2v) is 3.89. The molecule has 0 bridgehead atoms. The van der Waals surface area contributed by atoms with Crippen LogP contribution in [0, 0.1) is 11.8 Å². The Balaban J connectivity index is 0. The van der Waals surface area contributed by atoms with Crippen LogP contribution in [0.15, 0.2) is 0 Å². The lowest BCUT2D eigenvalue weighted by Gasteiger charge is -2.23. The van der Waals surface area contributed by atoms with Gasteiger partial charge in [-0.2, -0.15) is 0 Å². The van der Waals surface area contributed by atoms with Gasteiger partial charge in [-0.05, 0) is 11.8 Å². The Hall–Kier alpha value is 0.0649. The second-order valence-electron chi connectivity index (χ2n) is 3.89. The van der Waals surface area contributed by atoms with Gasteiger partial charge < -0.3 is 0 Å². The first-order chi connectivity index (χ1) is 6.79. The SMILES string of the molecule is CCCCC(CC)C(CC)CC.[B]C. The van der Waals surface area contributed by atoms with Crippen LogP contribution in [0.5, 0.6) is 0 Å². The fourth-order valence-electron chi connectivity index (χ4n) is 2.19. The summed E-state index contributed by atoms with van der Waals surface area (Å²) in [6.45, 7) is 10.8. The van der Waals surface area contributed by atoms with E-state index in [-0.39, 0.29) is 0 Å². The van der Waals surface area contributed by atoms with Crippen molar-refractivity contribution in [1.82, 2.24) is 0 Å². The predicted octanol–water partition coefficient (Wildman–Crippen LogP) is 4.84. The molecule has 0 aliphatic heterocycles. The van der Waals surface area contributed by atoms with E-state index < -0.39 is 0 Å². The molecule has 1 unspecified atom stereocenters. The normalized spacial score (nSPS) is 12.1. The first-order valence-corrected chi connectivity index (χ1v) is 6.37. The first kappa shape index (κ1) is 16.5. The van der Waals surface area contributed by atoms with Crippen molar-refractivity contribution < 1.29 is 0 Å². The highest BCUT2D eigenvalue weighted by Crippen LogP contribution is 2.27. The van der Waals surface area contributed by atoms with Crippen LogP contribution in [0.4, 0.5) is 0 Å². The minimum atomic E-state index is 0.988. The molecule has 1 atom stereocenters. The fraction of sp³-hybridized carbons (Fsp3) is 1.00. The minimum Gasteiger partial charge on any atom is -0.0999 e. The van der Waals surface area contributed by atoms with Crippen molar-refractivity contribution >= 4 is 7.85 Å². The average Bonchev–Trinajstić information content (AvgIpc) is 2.27. The summed E-state index contributed by atoms with van der Waals surface area (Å²) in [5.74, 6) is 1.99. The van der Waals surface area contributed by atoms with Crippen LogP contribution in [0.25, 0.3) is 0 Å². The quantitative estimate of drug-likeness (QED) is 0.511. The highest BCUT2D eigenvalue weighted by molar-refractivity contribution is 6.05. The van der Waals surface area contributed by atoms with E-state index in [1.54, 1.807) is 0 Å². The molecular formula is C13H29B. The Bertz CT molecular complexity index is 87.2. The van der Waals surface area contributed by atoms with Crippen molar-refractivity contribution in [2.75, 3.05) is 0 Å². The molecule has 0 spiro atoms. The molecule has 0 saturated heterocycles. The summed E-state index contributed by atoms with van der Waals surface area (Å²) < 4.78 is 0. The Morgan fingerprint density at radius 3 is 1.50 bits per heavy atom. The van der Waals surface area contributed by atoms with Gasteiger partial charge >= 0.3 is 0 Å². The molecule has 0 aliphatic carbocycles. The van der Waals surface area contributed by atoms with E-state index in [2.05, 4.69) is 35.5 Å². The molecule has 1 heteroatoms. The summed E-state index contributed by atoms with van der Waals surface area (Å²) in [5.41, 5.74) is 0. The highest BCUT2D eigenvalue weighted by atomic mass is 14.2. The van der Waals surface area contributed by atoms with E-state index in [1.165, 1.54) is 45.3 Å². The van der Waals surface area contributed by atoms with Gasteiger partial charge in [0.1, 0.15) is 0 Å². The molecule has 0 aromatic rings. The van der Waals surface area contributed by atoms with Crippen LogP contribution in [0.2, 0.25) is 6.82 Å². The predicted molar refractivity (Wildman–Crippen MR) is 69.0 cm³/mol. The zero-order chi connectivity index (χ0) is 11.4. The van der Waals surface area contributed by atoms with Gasteiger partial charge in [-0.3, -0.25) is 0 Å². The first-order valence-electron chi connectivity index (χ1n) is 6.37. The van der Waals surface area contributed by atoms with Crippen LogP contribution in [0.1, 0.15) is 66.2 Å². The third kappa shape index (κ3) is 7.47. The Morgan fingerprint density at radius 1 is 0.786 bits per heavy atom. The molecule has 0 heterocycles. The molecule has 0 nitrogen and oxygen atoms in total. The van der Waals surface area contributed by atoms with Gasteiger partial charge in [0.2, 0.25) is 0 Å². The Kier molecular flexibility index (Phi) is 15.4. The van der Waals surface area contributed by atoms with Gasteiger partial charge in [0, 0.05) is 0 Å². The standard InChI is InChI=1S/C12H26.CH3B/c1-5-9-10-12(8-4)11(6-2)7-3;1-2/h11-12H,5-10H2,1-4H3;1H3. The topological polar surface area (TPSA) is 0 Å². The fourth-order valence-corrected chi connectivity index (χ4v) is 2.19. The van der Waals surface area contributed by atoms with Gasteiger partial charge in [0.05, 0.1) is 7.85 Å². The molecule has 0 aromatic heterocycles. The molecule has 0 aliphatic rings. The molecule has 14 heavy (non-hydrogen) atoms. The highest BCUT2D eigenvalue weighted by Gasteiger charge is 2.15.